The molecule has 1 aliphatic rings. The van der Waals surface area contributed by atoms with Gasteiger partial charge in [0.05, 0.1) is 15.3 Å². The highest BCUT2D eigenvalue weighted by atomic mass is 32.2. The quantitative estimate of drug-likeness (QED) is 0.351. The summed E-state index contributed by atoms with van der Waals surface area (Å²) in [4.78, 5) is 16.6. The molecule has 2 unspecified atom stereocenters. The van der Waals surface area contributed by atoms with Crippen LogP contribution < -0.4 is 5.73 Å². The van der Waals surface area contributed by atoms with Gasteiger partial charge in [0.25, 0.3) is 0 Å². The van der Waals surface area contributed by atoms with Crippen molar-refractivity contribution in [1.29, 1.82) is 0 Å². The van der Waals surface area contributed by atoms with E-state index in [9.17, 15) is 26.4 Å². The number of ether oxygens (including phenoxy) is 1. The Balaban J connectivity index is 1.62. The number of pyridine rings is 1. The number of hydrogen-bond donors (Lipinski definition) is 1. The predicted molar refractivity (Wildman–Crippen MR) is 133 cm³/mol. The van der Waals surface area contributed by atoms with Crippen LogP contribution >= 0.6 is 12.2 Å². The van der Waals surface area contributed by atoms with E-state index in [0.717, 1.165) is 10.5 Å². The van der Waals surface area contributed by atoms with Crippen LogP contribution in [0.25, 0.3) is 5.65 Å². The first-order valence-corrected chi connectivity index (χ1v) is 13.3. The summed E-state index contributed by atoms with van der Waals surface area (Å²) in [6, 6.07) is 10.7. The Hall–Kier alpha value is -3.03. The maximum Gasteiger partial charge on any atom is 0.434 e. The summed E-state index contributed by atoms with van der Waals surface area (Å²) in [5.41, 5.74) is 4.59. The smallest absolute Gasteiger partial charge is 0.434 e. The van der Waals surface area contributed by atoms with Gasteiger partial charge in [-0.15, -0.1) is 0 Å². The second-order valence-corrected chi connectivity index (χ2v) is 11.4. The molecule has 3 aromatic rings. The lowest BCUT2D eigenvalue weighted by Gasteiger charge is -2.43. The largest absolute Gasteiger partial charge is 0.460 e. The highest BCUT2D eigenvalue weighted by Gasteiger charge is 2.48. The molecule has 13 heteroatoms. The van der Waals surface area contributed by atoms with E-state index in [1.54, 1.807) is 24.3 Å². The molecule has 198 valence electrons. The molecule has 1 fully saturated rings. The summed E-state index contributed by atoms with van der Waals surface area (Å²) in [5, 5.41) is 0. The minimum atomic E-state index is -4.61. The van der Waals surface area contributed by atoms with Crippen molar-refractivity contribution in [1.82, 2.24) is 13.7 Å². The third-order valence-electron chi connectivity index (χ3n) is 6.61. The Kier molecular flexibility index (Phi) is 7.32. The summed E-state index contributed by atoms with van der Waals surface area (Å²) in [5.74, 6) is -0.794. The average molecular weight is 555 g/mol. The molecular formula is C24H25F3N4O4S2. The lowest BCUT2D eigenvalue weighted by Crippen LogP contribution is -2.53. The Morgan fingerprint density at radius 1 is 1.22 bits per heavy atom. The Morgan fingerprint density at radius 2 is 1.92 bits per heavy atom. The molecule has 1 aliphatic carbocycles. The maximum atomic E-state index is 13.2. The predicted octanol–water partition coefficient (Wildman–Crippen LogP) is 3.68. The van der Waals surface area contributed by atoms with Gasteiger partial charge in [-0.25, -0.2) is 13.4 Å². The first-order valence-electron chi connectivity index (χ1n) is 11.4. The van der Waals surface area contributed by atoms with Gasteiger partial charge < -0.3 is 14.9 Å². The number of alkyl halides is 3. The van der Waals surface area contributed by atoms with Crippen LogP contribution in [0.1, 0.15) is 36.9 Å². The molecule has 0 saturated heterocycles. The zero-order chi connectivity index (χ0) is 27.0. The number of benzene rings is 1. The SMILES string of the molecule is CN(CC(=O)OC1CCCCC1(C(N)=S)c1ccc2nc(C(F)(F)F)cn2c1)S(=O)(=O)c1ccccc1. The van der Waals surface area contributed by atoms with Crippen molar-refractivity contribution in [2.75, 3.05) is 13.6 Å². The number of aromatic nitrogens is 2. The van der Waals surface area contributed by atoms with Crippen LogP contribution in [0.3, 0.4) is 0 Å². The standard InChI is InChI=1S/C24H25F3N4O4S2/c1-30(37(33,34)17-7-3-2-4-8-17)15-21(32)35-19-9-5-6-12-23(19,22(28)36)16-10-11-20-29-18(24(25,26)27)14-31(20)13-16/h2-4,7-8,10-11,13-14,19H,5-6,9,12,15H2,1H3,(H2,28,36). The fourth-order valence-corrected chi connectivity index (χ4v) is 6.17. The number of halogens is 3. The molecule has 2 heterocycles. The number of likely N-dealkylation sites (N-methyl/N-ethyl adjacent to an activating group) is 1. The van der Waals surface area contributed by atoms with Gasteiger partial charge in [-0.1, -0.05) is 42.9 Å². The van der Waals surface area contributed by atoms with Crippen LogP contribution in [0.4, 0.5) is 13.2 Å². The molecule has 0 aliphatic heterocycles. The number of esters is 1. The highest BCUT2D eigenvalue weighted by molar-refractivity contribution is 7.89. The lowest BCUT2D eigenvalue weighted by molar-refractivity contribution is -0.153. The number of thiocarbonyl (C=S) groups is 1. The summed E-state index contributed by atoms with van der Waals surface area (Å²) in [7, 11) is -2.65. The summed E-state index contributed by atoms with van der Waals surface area (Å²) in [6.45, 7) is -0.545. The molecule has 0 spiro atoms. The van der Waals surface area contributed by atoms with Crippen molar-refractivity contribution in [2.45, 2.75) is 48.3 Å². The normalized spacial score (nSPS) is 20.7. The molecule has 0 radical (unpaired) electrons. The molecular weight excluding hydrogens is 529 g/mol. The molecule has 4 rings (SSSR count). The third kappa shape index (κ3) is 5.20. The minimum Gasteiger partial charge on any atom is -0.460 e. The van der Waals surface area contributed by atoms with Crippen LogP contribution in [-0.4, -0.2) is 52.8 Å². The molecule has 37 heavy (non-hydrogen) atoms. The van der Waals surface area contributed by atoms with Crippen molar-refractivity contribution in [3.63, 3.8) is 0 Å². The van der Waals surface area contributed by atoms with Gasteiger partial charge in [0.15, 0.2) is 5.69 Å². The van der Waals surface area contributed by atoms with E-state index >= 15 is 0 Å². The summed E-state index contributed by atoms with van der Waals surface area (Å²) in [6.07, 6.45) is -0.896. The van der Waals surface area contributed by atoms with Crippen LogP contribution in [-0.2, 0) is 31.1 Å². The molecule has 8 nitrogen and oxygen atoms in total. The van der Waals surface area contributed by atoms with E-state index in [1.165, 1.54) is 35.8 Å². The van der Waals surface area contributed by atoms with Gasteiger partial charge in [0.2, 0.25) is 10.0 Å². The van der Waals surface area contributed by atoms with Gasteiger partial charge >= 0.3 is 12.1 Å². The second-order valence-electron chi connectivity index (χ2n) is 8.94. The van der Waals surface area contributed by atoms with Gasteiger partial charge in [-0.3, -0.25) is 4.79 Å². The Labute approximate surface area is 217 Å². The molecule has 1 aromatic carbocycles. The lowest BCUT2D eigenvalue weighted by atomic mass is 9.67. The van der Waals surface area contributed by atoms with Gasteiger partial charge in [-0.2, -0.15) is 17.5 Å². The molecule has 2 aromatic heterocycles. The molecule has 1 saturated carbocycles. The van der Waals surface area contributed by atoms with Crippen LogP contribution in [0, 0.1) is 0 Å². The topological polar surface area (TPSA) is 107 Å². The van der Waals surface area contributed by atoms with Gasteiger partial charge in [-0.05, 0) is 43.0 Å². The zero-order valence-electron chi connectivity index (χ0n) is 19.8. The Morgan fingerprint density at radius 3 is 2.57 bits per heavy atom. The van der Waals surface area contributed by atoms with Crippen LogP contribution in [0.2, 0.25) is 0 Å². The fourth-order valence-electron chi connectivity index (χ4n) is 4.68. The third-order valence-corrected chi connectivity index (χ3v) is 8.79. The average Bonchev–Trinajstić information content (AvgIpc) is 3.29. The monoisotopic (exact) mass is 554 g/mol. The van der Waals surface area contributed by atoms with Crippen molar-refractivity contribution in [2.24, 2.45) is 5.73 Å². The van der Waals surface area contributed by atoms with Crippen molar-refractivity contribution in [3.05, 3.63) is 66.1 Å². The van der Waals surface area contributed by atoms with E-state index in [-0.39, 0.29) is 15.5 Å². The molecule has 0 bridgehead atoms. The first kappa shape index (κ1) is 27.0. The van der Waals surface area contributed by atoms with E-state index < -0.39 is 45.9 Å². The van der Waals surface area contributed by atoms with E-state index in [2.05, 4.69) is 4.98 Å². The van der Waals surface area contributed by atoms with E-state index in [4.69, 9.17) is 22.7 Å². The van der Waals surface area contributed by atoms with Crippen molar-refractivity contribution < 1.29 is 31.1 Å². The molecule has 2 atom stereocenters. The number of imidazole rings is 1. The molecule has 2 N–H and O–H groups in total. The van der Waals surface area contributed by atoms with Crippen LogP contribution in [0.15, 0.2) is 59.8 Å². The summed E-state index contributed by atoms with van der Waals surface area (Å²) < 4.78 is 73.0. The zero-order valence-corrected chi connectivity index (χ0v) is 21.4. The van der Waals surface area contributed by atoms with E-state index in [0.29, 0.717) is 31.2 Å². The highest BCUT2D eigenvalue weighted by Crippen LogP contribution is 2.42. The molecule has 0 amide bonds. The van der Waals surface area contributed by atoms with Crippen LogP contribution in [0.5, 0.6) is 0 Å². The number of carbonyl (C=O) groups is 1. The number of sulfonamides is 1. The van der Waals surface area contributed by atoms with Gasteiger partial charge in [0.1, 0.15) is 18.3 Å². The van der Waals surface area contributed by atoms with Crippen molar-refractivity contribution >= 4 is 38.8 Å². The van der Waals surface area contributed by atoms with Gasteiger partial charge in [0, 0.05) is 19.4 Å². The number of hydrogen-bond acceptors (Lipinski definition) is 6. The first-order chi connectivity index (χ1) is 17.4. The Bertz CT molecular complexity index is 1430. The number of nitrogens with two attached hydrogens (primary N) is 1. The van der Waals surface area contributed by atoms with Crippen molar-refractivity contribution in [3.8, 4) is 0 Å². The number of carbonyl (C=O) groups excluding carboxylic acids is 1. The fraction of sp³-hybridized carbons (Fsp3) is 0.375. The van der Waals surface area contributed by atoms with E-state index in [1.807, 2.05) is 0 Å². The maximum absolute atomic E-state index is 13.2. The minimum absolute atomic E-state index is 0.0331. The number of fused-ring (bicyclic) bond motifs is 1. The number of nitrogens with zero attached hydrogens (tertiary/aromatic N) is 3. The number of rotatable bonds is 7. The summed E-state index contributed by atoms with van der Waals surface area (Å²) >= 11 is 5.41. The second kappa shape index (κ2) is 10.0.